The molecule has 0 bridgehead atoms. The molecule has 0 aliphatic carbocycles. The van der Waals surface area contributed by atoms with Crippen molar-refractivity contribution in [3.63, 3.8) is 0 Å². The van der Waals surface area contributed by atoms with Gasteiger partial charge in [-0.05, 0) is 63.9 Å². The highest BCUT2D eigenvalue weighted by molar-refractivity contribution is 6.30. The van der Waals surface area contributed by atoms with Gasteiger partial charge in [0.2, 0.25) is 0 Å². The fourth-order valence-corrected chi connectivity index (χ4v) is 3.09. The molecule has 3 unspecified atom stereocenters. The Labute approximate surface area is 122 Å². The molecule has 0 aromatic heterocycles. The van der Waals surface area contributed by atoms with Crippen molar-refractivity contribution >= 4 is 11.6 Å². The minimum Gasteiger partial charge on any atom is -0.314 e. The fourth-order valence-electron chi connectivity index (χ4n) is 2.96. The molecule has 0 saturated carbocycles. The second-order valence-corrected chi connectivity index (χ2v) is 6.35. The normalized spacial score (nSPS) is 25.5. The molecule has 0 spiro atoms. The van der Waals surface area contributed by atoms with E-state index in [1.165, 1.54) is 24.9 Å². The van der Waals surface area contributed by atoms with E-state index in [1.54, 1.807) is 0 Å². The first-order valence-electron chi connectivity index (χ1n) is 7.25. The average Bonchev–Trinajstić information content (AvgIpc) is 2.39. The van der Waals surface area contributed by atoms with Crippen LogP contribution in [0.1, 0.15) is 38.3 Å². The van der Waals surface area contributed by atoms with Gasteiger partial charge in [0.1, 0.15) is 0 Å². The van der Waals surface area contributed by atoms with Gasteiger partial charge in [0.25, 0.3) is 0 Å². The lowest BCUT2D eigenvalue weighted by Gasteiger charge is -2.33. The molecule has 2 nitrogen and oxygen atoms in total. The maximum absolute atomic E-state index is 5.95. The Morgan fingerprint density at radius 1 is 1.37 bits per heavy atom. The first-order valence-corrected chi connectivity index (χ1v) is 7.63. The van der Waals surface area contributed by atoms with Gasteiger partial charge in [0.15, 0.2) is 0 Å². The Balaban J connectivity index is 1.91. The third-order valence-corrected chi connectivity index (χ3v) is 4.54. The Morgan fingerprint density at radius 3 is 2.68 bits per heavy atom. The average molecular weight is 281 g/mol. The van der Waals surface area contributed by atoms with E-state index < -0.39 is 0 Å². The Bertz CT molecular complexity index is 390. The summed E-state index contributed by atoms with van der Waals surface area (Å²) in [5, 5.41) is 4.33. The summed E-state index contributed by atoms with van der Waals surface area (Å²) < 4.78 is 0. The van der Waals surface area contributed by atoms with Crippen molar-refractivity contribution in [2.24, 2.45) is 5.92 Å². The van der Waals surface area contributed by atoms with Crippen LogP contribution in [0, 0.1) is 5.92 Å². The molecule has 3 heteroatoms. The molecule has 0 radical (unpaired) electrons. The molecule has 1 aliphatic rings. The van der Waals surface area contributed by atoms with Crippen LogP contribution in [0.25, 0.3) is 0 Å². The van der Waals surface area contributed by atoms with E-state index in [0.717, 1.165) is 17.5 Å². The molecule has 1 saturated heterocycles. The quantitative estimate of drug-likeness (QED) is 0.904. The third kappa shape index (κ3) is 4.20. The van der Waals surface area contributed by atoms with Gasteiger partial charge >= 0.3 is 0 Å². The molecule has 1 fully saturated rings. The number of hydrogen-bond donors (Lipinski definition) is 1. The summed E-state index contributed by atoms with van der Waals surface area (Å²) >= 11 is 5.95. The second kappa shape index (κ2) is 6.74. The van der Waals surface area contributed by atoms with Crippen molar-refractivity contribution in [2.75, 3.05) is 20.1 Å². The molecule has 1 aromatic carbocycles. The zero-order valence-corrected chi connectivity index (χ0v) is 13.0. The summed E-state index contributed by atoms with van der Waals surface area (Å²) in [6, 6.07) is 9.34. The number of piperidine rings is 1. The van der Waals surface area contributed by atoms with Crippen molar-refractivity contribution in [1.29, 1.82) is 0 Å². The van der Waals surface area contributed by atoms with Crippen molar-refractivity contribution in [3.05, 3.63) is 34.9 Å². The predicted octanol–water partition coefficient (Wildman–Crippen LogP) is 3.72. The summed E-state index contributed by atoms with van der Waals surface area (Å²) in [5.41, 5.74) is 1.34. The number of halogens is 1. The van der Waals surface area contributed by atoms with Crippen molar-refractivity contribution in [2.45, 2.75) is 38.8 Å². The van der Waals surface area contributed by atoms with Crippen molar-refractivity contribution in [3.8, 4) is 0 Å². The molecule has 0 amide bonds. The Hall–Kier alpha value is -0.570. The minimum atomic E-state index is 0.447. The van der Waals surface area contributed by atoms with Crippen LogP contribution in [-0.4, -0.2) is 31.1 Å². The van der Waals surface area contributed by atoms with E-state index in [1.807, 2.05) is 12.1 Å². The highest BCUT2D eigenvalue weighted by Crippen LogP contribution is 2.24. The van der Waals surface area contributed by atoms with Gasteiger partial charge in [-0.1, -0.05) is 23.7 Å². The molecule has 3 atom stereocenters. The van der Waals surface area contributed by atoms with Crippen LogP contribution in [-0.2, 0) is 0 Å². The van der Waals surface area contributed by atoms with Gasteiger partial charge in [-0.3, -0.25) is 4.90 Å². The van der Waals surface area contributed by atoms with Crippen LogP contribution < -0.4 is 5.32 Å². The Kier molecular flexibility index (Phi) is 5.26. The summed E-state index contributed by atoms with van der Waals surface area (Å²) in [7, 11) is 2.23. The lowest BCUT2D eigenvalue weighted by atomic mass is 9.92. The van der Waals surface area contributed by atoms with E-state index in [0.29, 0.717) is 12.1 Å². The summed E-state index contributed by atoms with van der Waals surface area (Å²) in [5.74, 6) is 0.816. The van der Waals surface area contributed by atoms with Gasteiger partial charge in [-0.15, -0.1) is 0 Å². The summed E-state index contributed by atoms with van der Waals surface area (Å²) in [6.07, 6.45) is 2.58. The standard InChI is InChI=1S/C16H25ClN2/c1-12-10-14(8-9-18-12)11-19(3)13(2)15-4-6-16(17)7-5-15/h4-7,12-14,18H,8-11H2,1-3H3. The van der Waals surface area contributed by atoms with Gasteiger partial charge < -0.3 is 5.32 Å². The molecule has 1 heterocycles. The van der Waals surface area contributed by atoms with E-state index in [2.05, 4.69) is 43.2 Å². The first kappa shape index (κ1) is 14.8. The second-order valence-electron chi connectivity index (χ2n) is 5.91. The van der Waals surface area contributed by atoms with Crippen LogP contribution in [0.4, 0.5) is 0 Å². The van der Waals surface area contributed by atoms with E-state index in [9.17, 15) is 0 Å². The third-order valence-electron chi connectivity index (χ3n) is 4.29. The highest BCUT2D eigenvalue weighted by atomic mass is 35.5. The first-order chi connectivity index (χ1) is 9.06. The van der Waals surface area contributed by atoms with Crippen molar-refractivity contribution < 1.29 is 0 Å². The number of rotatable bonds is 4. The van der Waals surface area contributed by atoms with E-state index in [4.69, 9.17) is 11.6 Å². The molecule has 1 N–H and O–H groups in total. The molecule has 19 heavy (non-hydrogen) atoms. The van der Waals surface area contributed by atoms with Gasteiger partial charge in [0, 0.05) is 23.7 Å². The lowest BCUT2D eigenvalue weighted by Crippen LogP contribution is -2.40. The summed E-state index contributed by atoms with van der Waals surface area (Å²) in [4.78, 5) is 2.46. The zero-order chi connectivity index (χ0) is 13.8. The van der Waals surface area contributed by atoms with Crippen LogP contribution in [0.15, 0.2) is 24.3 Å². The predicted molar refractivity (Wildman–Crippen MR) is 82.7 cm³/mol. The maximum atomic E-state index is 5.95. The Morgan fingerprint density at radius 2 is 2.05 bits per heavy atom. The molecule has 106 valence electrons. The maximum Gasteiger partial charge on any atom is 0.0406 e. The number of nitrogens with zero attached hydrogens (tertiary/aromatic N) is 1. The fraction of sp³-hybridized carbons (Fsp3) is 0.625. The molecule has 1 aliphatic heterocycles. The SMILES string of the molecule is CC1CC(CN(C)C(C)c2ccc(Cl)cc2)CCN1. The van der Waals surface area contributed by atoms with Crippen LogP contribution >= 0.6 is 11.6 Å². The summed E-state index contributed by atoms with van der Waals surface area (Å²) in [6.45, 7) is 6.90. The number of benzene rings is 1. The van der Waals surface area contributed by atoms with Crippen LogP contribution in [0.3, 0.4) is 0 Å². The van der Waals surface area contributed by atoms with Gasteiger partial charge in [-0.2, -0.15) is 0 Å². The zero-order valence-electron chi connectivity index (χ0n) is 12.2. The van der Waals surface area contributed by atoms with Crippen LogP contribution in [0.5, 0.6) is 0 Å². The van der Waals surface area contributed by atoms with Crippen LogP contribution in [0.2, 0.25) is 5.02 Å². The minimum absolute atomic E-state index is 0.447. The largest absolute Gasteiger partial charge is 0.314 e. The van der Waals surface area contributed by atoms with E-state index >= 15 is 0 Å². The molecular formula is C16H25ClN2. The van der Waals surface area contributed by atoms with Crippen molar-refractivity contribution in [1.82, 2.24) is 10.2 Å². The van der Waals surface area contributed by atoms with E-state index in [-0.39, 0.29) is 0 Å². The highest BCUT2D eigenvalue weighted by Gasteiger charge is 2.21. The molecular weight excluding hydrogens is 256 g/mol. The van der Waals surface area contributed by atoms with Gasteiger partial charge in [0.05, 0.1) is 0 Å². The monoisotopic (exact) mass is 280 g/mol. The molecule has 1 aromatic rings. The molecule has 2 rings (SSSR count). The smallest absolute Gasteiger partial charge is 0.0406 e. The topological polar surface area (TPSA) is 15.3 Å². The number of hydrogen-bond acceptors (Lipinski definition) is 2. The van der Waals surface area contributed by atoms with Gasteiger partial charge in [-0.25, -0.2) is 0 Å². The lowest BCUT2D eigenvalue weighted by molar-refractivity contribution is 0.184. The number of nitrogens with one attached hydrogen (secondary N) is 1.